The van der Waals surface area contributed by atoms with E-state index < -0.39 is 11.7 Å². The number of amides is 1. The van der Waals surface area contributed by atoms with Gasteiger partial charge in [-0.1, -0.05) is 18.2 Å². The Balaban J connectivity index is 1.59. The molecule has 0 bridgehead atoms. The molecule has 3 heterocycles. The summed E-state index contributed by atoms with van der Waals surface area (Å²) in [5.41, 5.74) is 0.558. The Morgan fingerprint density at radius 1 is 1.30 bits per heavy atom. The number of ether oxygens (including phenoxy) is 1. The molecule has 0 radical (unpaired) electrons. The Bertz CT molecular complexity index is 1100. The van der Waals surface area contributed by atoms with Gasteiger partial charge in [0.1, 0.15) is 11.0 Å². The van der Waals surface area contributed by atoms with Crippen molar-refractivity contribution in [1.82, 2.24) is 25.1 Å². The summed E-state index contributed by atoms with van der Waals surface area (Å²) in [5.74, 6) is 0.485. The molecule has 158 valence electrons. The molecule has 1 aliphatic heterocycles. The summed E-state index contributed by atoms with van der Waals surface area (Å²) < 4.78 is 6.98. The van der Waals surface area contributed by atoms with Crippen molar-refractivity contribution in [3.05, 3.63) is 46.9 Å². The zero-order valence-corrected chi connectivity index (χ0v) is 17.4. The second-order valence-corrected chi connectivity index (χ2v) is 8.39. The van der Waals surface area contributed by atoms with Crippen LogP contribution < -0.4 is 15.8 Å². The van der Waals surface area contributed by atoms with Crippen molar-refractivity contribution in [2.24, 2.45) is 0 Å². The van der Waals surface area contributed by atoms with Crippen molar-refractivity contribution in [2.45, 2.75) is 45.3 Å². The maximum Gasteiger partial charge on any atom is 0.407 e. The normalized spacial score (nSPS) is 16.8. The molecule has 30 heavy (non-hydrogen) atoms. The van der Waals surface area contributed by atoms with Crippen LogP contribution in [0, 0.1) is 0 Å². The van der Waals surface area contributed by atoms with Gasteiger partial charge in [-0.05, 0) is 45.7 Å². The number of hydrogen-bond acceptors (Lipinski definition) is 6. The first-order chi connectivity index (χ1) is 14.3. The summed E-state index contributed by atoms with van der Waals surface area (Å²) in [4.78, 5) is 34.3. The molecule has 1 amide bonds. The fourth-order valence-corrected chi connectivity index (χ4v) is 3.64. The van der Waals surface area contributed by atoms with Crippen molar-refractivity contribution in [1.29, 1.82) is 0 Å². The number of H-pyrrole nitrogens is 1. The van der Waals surface area contributed by atoms with Gasteiger partial charge in [0.15, 0.2) is 5.65 Å². The van der Waals surface area contributed by atoms with Gasteiger partial charge < -0.3 is 15.0 Å². The third-order valence-electron chi connectivity index (χ3n) is 4.96. The average Bonchev–Trinajstić information content (AvgIpc) is 3.33. The molecule has 0 unspecified atom stereocenters. The molecule has 1 aromatic carbocycles. The summed E-state index contributed by atoms with van der Waals surface area (Å²) in [5, 5.41) is 7.61. The highest BCUT2D eigenvalue weighted by molar-refractivity contribution is 5.76. The first kappa shape index (κ1) is 19.9. The number of anilines is 1. The molecule has 4 rings (SSSR count). The number of aromatic amines is 1. The lowest BCUT2D eigenvalue weighted by atomic mass is 10.2. The number of hydrogen-bond donors (Lipinski definition) is 2. The Morgan fingerprint density at radius 3 is 2.80 bits per heavy atom. The lowest BCUT2D eigenvalue weighted by Crippen LogP contribution is -2.43. The highest BCUT2D eigenvalue weighted by Gasteiger charge is 2.28. The van der Waals surface area contributed by atoms with Crippen LogP contribution in [0.4, 0.5) is 10.7 Å². The van der Waals surface area contributed by atoms with E-state index in [0.29, 0.717) is 23.5 Å². The summed E-state index contributed by atoms with van der Waals surface area (Å²) in [7, 11) is 0. The molecule has 1 aliphatic rings. The Labute approximate surface area is 174 Å². The Kier molecular flexibility index (Phi) is 5.19. The van der Waals surface area contributed by atoms with Gasteiger partial charge in [0.2, 0.25) is 5.95 Å². The van der Waals surface area contributed by atoms with Crippen molar-refractivity contribution < 1.29 is 9.53 Å². The second kappa shape index (κ2) is 7.81. The molecule has 1 fully saturated rings. The van der Waals surface area contributed by atoms with Crippen molar-refractivity contribution in [2.75, 3.05) is 18.0 Å². The minimum Gasteiger partial charge on any atom is -0.444 e. The van der Waals surface area contributed by atoms with Crippen LogP contribution in [-0.2, 0) is 4.74 Å². The summed E-state index contributed by atoms with van der Waals surface area (Å²) in [6.45, 7) is 6.64. The standard InChI is InChI=1S/C21H26N6O3/c1-21(2,3)30-20(29)22-12-15-10-7-11-26(15)19-24-17-16(18(28)25-19)13-23-27(17)14-8-5-4-6-9-14/h4-6,8-9,13,15H,7,10-12H2,1-3H3,(H,22,29)(H,24,25,28)/t15-/m0/s1. The molecule has 2 N–H and O–H groups in total. The van der Waals surface area contributed by atoms with Crippen LogP contribution in [0.25, 0.3) is 16.7 Å². The minimum atomic E-state index is -0.548. The minimum absolute atomic E-state index is 0.0196. The van der Waals surface area contributed by atoms with Crippen LogP contribution in [0.3, 0.4) is 0 Å². The maximum absolute atomic E-state index is 12.7. The molecular weight excluding hydrogens is 384 g/mol. The van der Waals surface area contributed by atoms with E-state index in [1.54, 1.807) is 4.68 Å². The van der Waals surface area contributed by atoms with E-state index in [4.69, 9.17) is 9.72 Å². The highest BCUT2D eigenvalue weighted by Crippen LogP contribution is 2.23. The summed E-state index contributed by atoms with van der Waals surface area (Å²) in [6.07, 6.45) is 2.91. The number of para-hydroxylation sites is 1. The molecule has 0 spiro atoms. The van der Waals surface area contributed by atoms with Crippen LogP contribution >= 0.6 is 0 Å². The summed E-state index contributed by atoms with van der Waals surface area (Å²) >= 11 is 0. The van der Waals surface area contributed by atoms with E-state index >= 15 is 0 Å². The van der Waals surface area contributed by atoms with Crippen molar-refractivity contribution in [3.63, 3.8) is 0 Å². The van der Waals surface area contributed by atoms with Gasteiger partial charge in [-0.2, -0.15) is 10.1 Å². The van der Waals surface area contributed by atoms with Crippen LogP contribution in [0.5, 0.6) is 0 Å². The number of fused-ring (bicyclic) bond motifs is 1. The van der Waals surface area contributed by atoms with Crippen LogP contribution in [-0.4, -0.2) is 50.6 Å². The number of carbonyl (C=O) groups excluding carboxylic acids is 1. The third-order valence-corrected chi connectivity index (χ3v) is 4.96. The Hall–Kier alpha value is -3.36. The quantitative estimate of drug-likeness (QED) is 0.685. The SMILES string of the molecule is CC(C)(C)OC(=O)NC[C@@H]1CCCN1c1nc2c(cnn2-c2ccccc2)c(=O)[nH]1. The van der Waals surface area contributed by atoms with Gasteiger partial charge in [-0.25, -0.2) is 9.48 Å². The lowest BCUT2D eigenvalue weighted by Gasteiger charge is -2.26. The molecule has 3 aromatic rings. The summed E-state index contributed by atoms with van der Waals surface area (Å²) in [6, 6.07) is 9.60. The lowest BCUT2D eigenvalue weighted by molar-refractivity contribution is 0.0525. The van der Waals surface area contributed by atoms with Gasteiger partial charge in [0.05, 0.1) is 11.9 Å². The number of nitrogens with one attached hydrogen (secondary N) is 2. The largest absolute Gasteiger partial charge is 0.444 e. The molecule has 0 saturated carbocycles. The molecule has 0 aliphatic carbocycles. The maximum atomic E-state index is 12.7. The number of benzene rings is 1. The van der Waals surface area contributed by atoms with E-state index in [0.717, 1.165) is 25.1 Å². The third kappa shape index (κ3) is 4.14. The smallest absolute Gasteiger partial charge is 0.407 e. The topological polar surface area (TPSA) is 105 Å². The van der Waals surface area contributed by atoms with Crippen LogP contribution in [0.15, 0.2) is 41.3 Å². The van der Waals surface area contributed by atoms with Gasteiger partial charge in [-0.15, -0.1) is 0 Å². The number of rotatable bonds is 4. The van der Waals surface area contributed by atoms with Crippen LogP contribution in [0.2, 0.25) is 0 Å². The predicted molar refractivity (Wildman–Crippen MR) is 114 cm³/mol. The van der Waals surface area contributed by atoms with E-state index in [1.807, 2.05) is 56.0 Å². The average molecular weight is 410 g/mol. The predicted octanol–water partition coefficient (Wildman–Crippen LogP) is 2.60. The molecule has 2 aromatic heterocycles. The number of alkyl carbamates (subject to hydrolysis) is 1. The zero-order chi connectivity index (χ0) is 21.3. The van der Waals surface area contributed by atoms with Crippen molar-refractivity contribution >= 4 is 23.1 Å². The second-order valence-electron chi connectivity index (χ2n) is 8.39. The van der Waals surface area contributed by atoms with Gasteiger partial charge in [0.25, 0.3) is 5.56 Å². The van der Waals surface area contributed by atoms with E-state index in [9.17, 15) is 9.59 Å². The van der Waals surface area contributed by atoms with E-state index in [-0.39, 0.29) is 11.6 Å². The van der Waals surface area contributed by atoms with Crippen LogP contribution in [0.1, 0.15) is 33.6 Å². The van der Waals surface area contributed by atoms with E-state index in [2.05, 4.69) is 15.4 Å². The fraction of sp³-hybridized carbons (Fsp3) is 0.429. The number of carbonyl (C=O) groups is 1. The fourth-order valence-electron chi connectivity index (χ4n) is 3.64. The number of nitrogens with zero attached hydrogens (tertiary/aromatic N) is 4. The molecule has 9 nitrogen and oxygen atoms in total. The highest BCUT2D eigenvalue weighted by atomic mass is 16.6. The van der Waals surface area contributed by atoms with Gasteiger partial charge >= 0.3 is 6.09 Å². The van der Waals surface area contributed by atoms with Gasteiger partial charge in [0, 0.05) is 19.1 Å². The number of aromatic nitrogens is 4. The zero-order valence-electron chi connectivity index (χ0n) is 17.4. The molecule has 9 heteroatoms. The molecule has 1 saturated heterocycles. The van der Waals surface area contributed by atoms with E-state index in [1.165, 1.54) is 6.20 Å². The Morgan fingerprint density at radius 2 is 2.07 bits per heavy atom. The monoisotopic (exact) mass is 410 g/mol. The first-order valence-electron chi connectivity index (χ1n) is 10.1. The molecular formula is C21H26N6O3. The van der Waals surface area contributed by atoms with Gasteiger partial charge in [-0.3, -0.25) is 9.78 Å². The first-order valence-corrected chi connectivity index (χ1v) is 10.1. The molecule has 1 atom stereocenters. The van der Waals surface area contributed by atoms with Crippen molar-refractivity contribution in [3.8, 4) is 5.69 Å².